The zero-order valence-corrected chi connectivity index (χ0v) is 28.6. The van der Waals surface area contributed by atoms with Crippen molar-refractivity contribution < 1.29 is 28.6 Å². The van der Waals surface area contributed by atoms with Gasteiger partial charge in [0.2, 0.25) is 5.71 Å². The second-order valence-electron chi connectivity index (χ2n) is 12.3. The Morgan fingerprint density at radius 1 is 0.717 bits per heavy atom. The molecule has 46 heavy (non-hydrogen) atoms. The number of pyridine rings is 3. The van der Waals surface area contributed by atoms with E-state index in [0.29, 0.717) is 11.3 Å². The average molecular weight is 783 g/mol. The van der Waals surface area contributed by atoms with Crippen molar-refractivity contribution in [2.45, 2.75) is 46.9 Å². The summed E-state index contributed by atoms with van der Waals surface area (Å²) in [5.74, 6) is 0. The van der Waals surface area contributed by atoms with Crippen LogP contribution in [0.1, 0.15) is 47.3 Å². The molecule has 4 heterocycles. The molecule has 0 bridgehead atoms. The molecule has 0 spiro atoms. The number of furan rings is 1. The van der Waals surface area contributed by atoms with Crippen molar-refractivity contribution >= 4 is 22.1 Å². The quantitative estimate of drug-likeness (QED) is 0.158. The maximum atomic E-state index is 7.64. The molecule has 0 atom stereocenters. The summed E-state index contributed by atoms with van der Waals surface area (Å²) in [6, 6.07) is 40.2. The van der Waals surface area contributed by atoms with Gasteiger partial charge in [0.15, 0.2) is 0 Å². The summed E-state index contributed by atoms with van der Waals surface area (Å²) in [4.78, 5) is 13.1. The Labute approximate surface area is 289 Å². The monoisotopic (exact) mass is 783 g/mol. The Kier molecular flexibility index (Phi) is 9.31. The van der Waals surface area contributed by atoms with Gasteiger partial charge in [0.25, 0.3) is 0 Å². The maximum absolute atomic E-state index is 7.64. The third-order valence-corrected chi connectivity index (χ3v) is 7.49. The van der Waals surface area contributed by atoms with Crippen molar-refractivity contribution in [3.63, 3.8) is 0 Å². The van der Waals surface area contributed by atoms with Gasteiger partial charge in [0, 0.05) is 47.7 Å². The summed E-state index contributed by atoms with van der Waals surface area (Å²) in [5, 5.41) is 1.64. The molecule has 7 aromatic rings. The minimum atomic E-state index is -2.29. The molecule has 233 valence electrons. The Morgan fingerprint density at radius 2 is 1.50 bits per heavy atom. The second-order valence-corrected chi connectivity index (χ2v) is 12.3. The van der Waals surface area contributed by atoms with Crippen LogP contribution < -0.4 is 0 Å². The van der Waals surface area contributed by atoms with E-state index in [1.165, 1.54) is 22.8 Å². The summed E-state index contributed by atoms with van der Waals surface area (Å²) < 4.78 is 29.0. The number of aromatic nitrogens is 3. The van der Waals surface area contributed by atoms with Gasteiger partial charge >= 0.3 is 0 Å². The summed E-state index contributed by atoms with van der Waals surface area (Å²) in [6.45, 7) is 4.49. The van der Waals surface area contributed by atoms with Gasteiger partial charge in [-0.1, -0.05) is 79.7 Å². The molecule has 0 aliphatic heterocycles. The van der Waals surface area contributed by atoms with E-state index < -0.39 is 6.85 Å². The molecule has 0 amide bonds. The molecule has 0 N–H and O–H groups in total. The Hall–Kier alpha value is -4.44. The van der Waals surface area contributed by atoms with E-state index in [0.717, 1.165) is 52.5 Å². The van der Waals surface area contributed by atoms with Gasteiger partial charge in [-0.3, -0.25) is 0 Å². The van der Waals surface area contributed by atoms with Crippen LogP contribution in [-0.4, -0.2) is 15.0 Å². The van der Waals surface area contributed by atoms with Crippen molar-refractivity contribution in [2.75, 3.05) is 0 Å². The predicted molar refractivity (Wildman–Crippen MR) is 184 cm³/mol. The van der Waals surface area contributed by atoms with E-state index in [4.69, 9.17) is 8.53 Å². The first kappa shape index (κ1) is 29.0. The van der Waals surface area contributed by atoms with Crippen molar-refractivity contribution in [1.29, 1.82) is 0 Å². The second kappa shape index (κ2) is 14.8. The van der Waals surface area contributed by atoms with Crippen LogP contribution in [-0.2, 0) is 39.4 Å². The van der Waals surface area contributed by atoms with Crippen LogP contribution in [0, 0.1) is 24.4 Å². The summed E-state index contributed by atoms with van der Waals surface area (Å²) in [7, 11) is 0. The van der Waals surface area contributed by atoms with E-state index in [1.54, 1.807) is 12.3 Å². The molecular formula is C41H37IrN3O-2. The van der Waals surface area contributed by atoms with E-state index in [-0.39, 0.29) is 31.2 Å². The first-order valence-corrected chi connectivity index (χ1v) is 15.2. The molecule has 3 aromatic carbocycles. The van der Waals surface area contributed by atoms with Crippen LogP contribution in [0.3, 0.4) is 0 Å². The first-order valence-electron chi connectivity index (χ1n) is 16.7. The maximum Gasteiger partial charge on any atom is 0.216 e. The summed E-state index contributed by atoms with van der Waals surface area (Å²) in [5.41, 5.74) is 8.61. The Morgan fingerprint density at radius 3 is 2.24 bits per heavy atom. The third-order valence-electron chi connectivity index (χ3n) is 7.49. The molecule has 1 radical (unpaired) electrons. The summed E-state index contributed by atoms with van der Waals surface area (Å²) >= 11 is 0. The molecule has 4 aromatic heterocycles. The molecule has 7 rings (SSSR count). The van der Waals surface area contributed by atoms with Crippen LogP contribution in [0.4, 0.5) is 0 Å². The first-order chi connectivity index (χ1) is 23.0. The number of benzene rings is 3. The molecule has 5 heteroatoms. The van der Waals surface area contributed by atoms with Gasteiger partial charge in [-0.2, -0.15) is 0 Å². The number of fused-ring (bicyclic) bond motifs is 3. The van der Waals surface area contributed by atoms with E-state index >= 15 is 0 Å². The number of aryl methyl sites for hydroxylation is 3. The standard InChI is InChI=1S/C30H29N2O.C11H8N.Ir/c1-20-8-15-25-24-6-5-7-26(28(24)33-29(25)32-20)27-18-22(16-17-31-27)12-9-21-10-13-23(14-11-21)19-30(2,3)4;1-2-6-10(7-3-1)11-8-4-5-9-12-11;/h5-6,8,10-11,13-18H,9,12,19H2,1-4H3;1-6,8-9H;/q2*-1;/i1D3;;. The molecular weight excluding hydrogens is 743 g/mol. The van der Waals surface area contributed by atoms with E-state index in [9.17, 15) is 0 Å². The van der Waals surface area contributed by atoms with Crippen molar-refractivity contribution in [2.24, 2.45) is 5.41 Å². The van der Waals surface area contributed by atoms with Crippen LogP contribution in [0.5, 0.6) is 0 Å². The molecule has 0 fully saturated rings. The number of hydrogen-bond acceptors (Lipinski definition) is 4. The zero-order chi connectivity index (χ0) is 33.7. The molecule has 0 saturated heterocycles. The summed E-state index contributed by atoms with van der Waals surface area (Å²) in [6.07, 6.45) is 6.51. The molecule has 0 aliphatic carbocycles. The molecule has 0 unspecified atom stereocenters. The smallest absolute Gasteiger partial charge is 0.216 e. The van der Waals surface area contributed by atoms with Gasteiger partial charge < -0.3 is 14.4 Å². The van der Waals surface area contributed by atoms with Crippen LogP contribution >= 0.6 is 0 Å². The van der Waals surface area contributed by atoms with Gasteiger partial charge in [-0.05, 0) is 78.3 Å². The third kappa shape index (κ3) is 8.23. The normalized spacial score (nSPS) is 12.4. The number of nitrogens with zero attached hydrogens (tertiary/aromatic N) is 3. The minimum absolute atomic E-state index is 0. The fraction of sp³-hybridized carbons (Fsp3) is 0.195. The van der Waals surface area contributed by atoms with Gasteiger partial charge in [0.05, 0.1) is 5.58 Å². The number of rotatable bonds is 6. The van der Waals surface area contributed by atoms with Crippen LogP contribution in [0.2, 0.25) is 0 Å². The topological polar surface area (TPSA) is 51.8 Å². The zero-order valence-electron chi connectivity index (χ0n) is 29.2. The van der Waals surface area contributed by atoms with Crippen LogP contribution in [0.15, 0.2) is 120 Å². The van der Waals surface area contributed by atoms with Gasteiger partial charge in [-0.25, -0.2) is 4.98 Å². The van der Waals surface area contributed by atoms with Crippen molar-refractivity contribution in [1.82, 2.24) is 15.0 Å². The average Bonchev–Trinajstić information content (AvgIpc) is 3.46. The number of hydrogen-bond donors (Lipinski definition) is 0. The fourth-order valence-corrected chi connectivity index (χ4v) is 5.38. The van der Waals surface area contributed by atoms with E-state index in [2.05, 4.69) is 78.2 Å². The molecule has 0 saturated carbocycles. The molecule has 0 aliphatic rings. The van der Waals surface area contributed by atoms with Crippen molar-refractivity contribution in [3.05, 3.63) is 150 Å². The Bertz CT molecular complexity index is 2090. The van der Waals surface area contributed by atoms with Crippen LogP contribution in [0.25, 0.3) is 44.6 Å². The van der Waals surface area contributed by atoms with Gasteiger partial charge in [-0.15, -0.1) is 54.1 Å². The van der Waals surface area contributed by atoms with E-state index in [1.807, 2.05) is 66.9 Å². The predicted octanol–water partition coefficient (Wildman–Crippen LogP) is 10.1. The fourth-order valence-electron chi connectivity index (χ4n) is 5.38. The van der Waals surface area contributed by atoms with Gasteiger partial charge in [0.1, 0.15) is 0 Å². The molecule has 4 nitrogen and oxygen atoms in total. The minimum Gasteiger partial charge on any atom is -0.486 e. The van der Waals surface area contributed by atoms with Crippen molar-refractivity contribution in [3.8, 4) is 22.5 Å². The largest absolute Gasteiger partial charge is 0.486 e. The Balaban J connectivity index is 0.000000303. The SMILES string of the molecule is [2H]C([2H])([2H])c1ccc2c(n1)oc1c(-c3cc(CCc4ccc(CC(C)(C)C)cc4)ccn3)[c-]ccc12.[Ir].[c-]1ccccc1-c1ccccn1.